The number of benzene rings is 2. The van der Waals surface area contributed by atoms with Gasteiger partial charge in [0.2, 0.25) is 5.91 Å². The molecule has 3 saturated carbocycles. The number of likely N-dealkylation sites (N-methyl/N-ethyl adjacent to an activating group) is 1. The number of hydrogen-bond acceptors (Lipinski definition) is 10. The van der Waals surface area contributed by atoms with Crippen LogP contribution in [0.25, 0.3) is 10.8 Å². The predicted molar refractivity (Wildman–Crippen MR) is 214 cm³/mol. The molecule has 1 heterocycles. The van der Waals surface area contributed by atoms with Crippen LogP contribution < -0.4 is 5.32 Å². The molecule has 2 N–H and O–H groups in total. The van der Waals surface area contributed by atoms with E-state index in [2.05, 4.69) is 31.1 Å². The fourth-order valence-electron chi connectivity index (χ4n) is 11.0. The Balaban J connectivity index is 0.871. The topological polar surface area (TPSA) is 152 Å². The quantitative estimate of drug-likeness (QED) is 0.194. The SMILES string of the molecule is C[C@@H]1CC2[C@@H]3CCC4=CC(=O)C=C[C@]4(C)C3[C@@H](O)C[C@]2(C)[C@H]1C(=O)COC(=O)CCC(=O)OCc1ccc(C(C(=O)Nc2ccc3cnccc3c2)N(C)C)cc1. The number of aliphatic hydroxyl groups is 1. The summed E-state index contributed by atoms with van der Waals surface area (Å²) in [5.41, 5.74) is 2.45. The lowest BCUT2D eigenvalue weighted by molar-refractivity contribution is -0.156. The minimum Gasteiger partial charge on any atom is -0.461 e. The average molecular weight is 776 g/mol. The van der Waals surface area contributed by atoms with E-state index >= 15 is 0 Å². The van der Waals surface area contributed by atoms with Crippen molar-refractivity contribution in [2.24, 2.45) is 40.4 Å². The molecule has 0 saturated heterocycles. The van der Waals surface area contributed by atoms with Gasteiger partial charge in [-0.1, -0.05) is 62.8 Å². The zero-order chi connectivity index (χ0) is 40.6. The van der Waals surface area contributed by atoms with Crippen LogP contribution in [0.2, 0.25) is 0 Å². The first-order valence-electron chi connectivity index (χ1n) is 20.0. The first-order chi connectivity index (χ1) is 27.2. The Morgan fingerprint density at radius 2 is 1.74 bits per heavy atom. The zero-order valence-corrected chi connectivity index (χ0v) is 33.4. The first kappa shape index (κ1) is 40.2. The highest BCUT2D eigenvalue weighted by atomic mass is 16.5. The Morgan fingerprint density at radius 1 is 1.00 bits per heavy atom. The van der Waals surface area contributed by atoms with E-state index < -0.39 is 29.5 Å². The van der Waals surface area contributed by atoms with Gasteiger partial charge in [-0.25, -0.2) is 0 Å². The molecule has 2 aromatic carbocycles. The summed E-state index contributed by atoms with van der Waals surface area (Å²) in [6.07, 6.45) is 10.8. The average Bonchev–Trinajstić information content (AvgIpc) is 3.44. The molecule has 11 heteroatoms. The first-order valence-corrected chi connectivity index (χ1v) is 20.0. The molecule has 0 bridgehead atoms. The van der Waals surface area contributed by atoms with E-state index in [1.54, 1.807) is 36.7 Å². The molecule has 0 aliphatic heterocycles. The smallest absolute Gasteiger partial charge is 0.306 e. The maximum Gasteiger partial charge on any atom is 0.306 e. The van der Waals surface area contributed by atoms with Crippen molar-refractivity contribution in [3.05, 3.63) is 95.9 Å². The van der Waals surface area contributed by atoms with Crippen molar-refractivity contribution in [1.82, 2.24) is 9.88 Å². The number of aliphatic hydroxyl groups excluding tert-OH is 1. The highest BCUT2D eigenvalue weighted by molar-refractivity contribution is 6.01. The largest absolute Gasteiger partial charge is 0.461 e. The van der Waals surface area contributed by atoms with Crippen molar-refractivity contribution >= 4 is 45.9 Å². The van der Waals surface area contributed by atoms with Gasteiger partial charge in [0.05, 0.1) is 18.9 Å². The number of anilines is 1. The van der Waals surface area contributed by atoms with E-state index in [4.69, 9.17) is 9.47 Å². The zero-order valence-electron chi connectivity index (χ0n) is 33.4. The number of rotatable bonds is 12. The van der Waals surface area contributed by atoms with Gasteiger partial charge in [-0.05, 0) is 110 Å². The minimum absolute atomic E-state index is 0.000321. The number of aromatic nitrogens is 1. The van der Waals surface area contributed by atoms with Gasteiger partial charge in [-0.15, -0.1) is 0 Å². The number of hydrogen-bond donors (Lipinski definition) is 2. The summed E-state index contributed by atoms with van der Waals surface area (Å²) in [6.45, 7) is 5.95. The number of ketones is 2. The van der Waals surface area contributed by atoms with Crippen LogP contribution in [0, 0.1) is 40.4 Å². The lowest BCUT2D eigenvalue weighted by Gasteiger charge is -2.58. The Hall–Kier alpha value is -5.00. The summed E-state index contributed by atoms with van der Waals surface area (Å²) in [4.78, 5) is 70.5. The summed E-state index contributed by atoms with van der Waals surface area (Å²) in [5.74, 6) is -1.43. The number of amides is 1. The molecule has 1 aromatic heterocycles. The van der Waals surface area contributed by atoms with Crippen LogP contribution in [0.4, 0.5) is 5.69 Å². The van der Waals surface area contributed by atoms with E-state index in [0.29, 0.717) is 12.1 Å². The van der Waals surface area contributed by atoms with Crippen molar-refractivity contribution < 1.29 is 38.6 Å². The Morgan fingerprint density at radius 3 is 2.47 bits per heavy atom. The van der Waals surface area contributed by atoms with Gasteiger partial charge in [0.25, 0.3) is 0 Å². The maximum atomic E-state index is 13.7. The van der Waals surface area contributed by atoms with Gasteiger partial charge in [0.15, 0.2) is 11.6 Å². The number of ether oxygens (including phenoxy) is 2. The Bertz CT molecular complexity index is 2130. The van der Waals surface area contributed by atoms with Crippen molar-refractivity contribution in [2.75, 3.05) is 26.0 Å². The molecule has 0 spiro atoms. The summed E-state index contributed by atoms with van der Waals surface area (Å²) < 4.78 is 10.8. The molecule has 3 unspecified atom stereocenters. The Labute approximate surface area is 333 Å². The highest BCUT2D eigenvalue weighted by Gasteiger charge is 2.64. The van der Waals surface area contributed by atoms with E-state index in [9.17, 15) is 29.1 Å². The highest BCUT2D eigenvalue weighted by Crippen LogP contribution is 2.67. The van der Waals surface area contributed by atoms with Gasteiger partial charge >= 0.3 is 11.9 Å². The molecule has 4 aliphatic carbocycles. The number of pyridine rings is 1. The third-order valence-electron chi connectivity index (χ3n) is 13.5. The van der Waals surface area contributed by atoms with E-state index in [-0.39, 0.29) is 78.5 Å². The van der Waals surface area contributed by atoms with Gasteiger partial charge < -0.3 is 19.9 Å². The molecule has 3 aromatic rings. The van der Waals surface area contributed by atoms with Crippen molar-refractivity contribution in [1.29, 1.82) is 0 Å². The molecule has 300 valence electrons. The van der Waals surface area contributed by atoms with Crippen LogP contribution in [0.1, 0.15) is 76.5 Å². The molecule has 4 aliphatic rings. The van der Waals surface area contributed by atoms with E-state index in [1.165, 1.54) is 0 Å². The van der Waals surface area contributed by atoms with Crippen molar-refractivity contribution in [3.8, 4) is 0 Å². The lowest BCUT2D eigenvalue weighted by Crippen LogP contribution is -2.56. The molecular formula is C46H53N3O8. The van der Waals surface area contributed by atoms with E-state index in [0.717, 1.165) is 46.7 Å². The number of esters is 2. The maximum absolute atomic E-state index is 13.7. The second-order valence-electron chi connectivity index (χ2n) is 17.3. The number of Topliss-reactive ketones (excluding diaryl/α,β-unsaturated/α-hetero) is 1. The van der Waals surface area contributed by atoms with E-state index in [1.807, 2.05) is 61.5 Å². The molecule has 9 atom stereocenters. The van der Waals surface area contributed by atoms with Crippen LogP contribution in [0.3, 0.4) is 0 Å². The number of carbonyl (C=O) groups is 5. The summed E-state index contributed by atoms with van der Waals surface area (Å²) in [6, 6.07) is 14.2. The number of fused-ring (bicyclic) bond motifs is 6. The second-order valence-corrected chi connectivity index (χ2v) is 17.3. The van der Waals surface area contributed by atoms with Crippen LogP contribution in [-0.2, 0) is 40.1 Å². The molecule has 0 radical (unpaired) electrons. The number of nitrogens with one attached hydrogen (secondary N) is 1. The van der Waals surface area contributed by atoms with Crippen LogP contribution in [0.15, 0.2) is 84.7 Å². The van der Waals surface area contributed by atoms with Gasteiger partial charge in [-0.2, -0.15) is 0 Å². The fourth-order valence-corrected chi connectivity index (χ4v) is 11.0. The Kier molecular flexibility index (Phi) is 11.4. The second kappa shape index (κ2) is 16.1. The van der Waals surface area contributed by atoms with Crippen LogP contribution in [0.5, 0.6) is 0 Å². The van der Waals surface area contributed by atoms with Crippen LogP contribution in [-0.4, -0.2) is 71.2 Å². The normalized spacial score (nSPS) is 29.5. The van der Waals surface area contributed by atoms with Gasteiger partial charge in [0.1, 0.15) is 19.3 Å². The molecule has 3 fully saturated rings. The molecular weight excluding hydrogens is 723 g/mol. The summed E-state index contributed by atoms with van der Waals surface area (Å²) >= 11 is 0. The van der Waals surface area contributed by atoms with Crippen molar-refractivity contribution in [2.45, 2.75) is 78.0 Å². The third kappa shape index (κ3) is 7.96. The van der Waals surface area contributed by atoms with Crippen LogP contribution >= 0.6 is 0 Å². The minimum atomic E-state index is -0.646. The number of carbonyl (C=O) groups excluding carboxylic acids is 5. The monoisotopic (exact) mass is 775 g/mol. The molecule has 11 nitrogen and oxygen atoms in total. The summed E-state index contributed by atoms with van der Waals surface area (Å²) in [5, 5.41) is 16.6. The van der Waals surface area contributed by atoms with Gasteiger partial charge in [-0.3, -0.25) is 33.9 Å². The molecule has 1 amide bonds. The van der Waals surface area contributed by atoms with Crippen molar-refractivity contribution in [3.63, 3.8) is 0 Å². The fraction of sp³-hybridized carbons (Fsp3) is 0.478. The number of allylic oxidation sites excluding steroid dienone is 4. The third-order valence-corrected chi connectivity index (χ3v) is 13.5. The predicted octanol–water partition coefficient (Wildman–Crippen LogP) is 6.55. The standard InChI is InChI=1S/C46H53N3O8/c1-27-20-36-35-13-11-32-22-34(50)16-18-45(32,2)42(35)37(51)23-46(36,3)41(27)38(52)26-57-40(54)15-14-39(53)56-25-28-6-8-29(9-7-28)43(49(4)5)44(55)48-33-12-10-31-24-47-19-17-30(31)21-33/h6-10,12,16-19,21-22,24,27,35-37,41-43,51H,11,13-15,20,23,25-26H2,1-5H3,(H,48,55)/t27-,35+,36?,37+,41-,42?,43?,45+,46+/m1/s1. The molecule has 57 heavy (non-hydrogen) atoms. The lowest BCUT2D eigenvalue weighted by atomic mass is 9.46. The molecule has 7 rings (SSSR count). The summed E-state index contributed by atoms with van der Waals surface area (Å²) in [7, 11) is 3.66. The van der Waals surface area contributed by atoms with Gasteiger partial charge in [0, 0.05) is 40.7 Å². The number of nitrogens with zero attached hydrogens (tertiary/aromatic N) is 2.